The van der Waals surface area contributed by atoms with Crippen LogP contribution in [0.25, 0.3) is 10.8 Å². The summed E-state index contributed by atoms with van der Waals surface area (Å²) in [4.78, 5) is 24.5. The molecule has 0 bridgehead atoms. The number of nitrogens with zero attached hydrogens (tertiary/aromatic N) is 1. The third kappa shape index (κ3) is 1.65. The lowest BCUT2D eigenvalue weighted by molar-refractivity contribution is -0.383. The molecule has 7 heteroatoms. The van der Waals surface area contributed by atoms with E-state index < -0.39 is 10.5 Å². The first-order valence-corrected chi connectivity index (χ1v) is 5.01. The van der Waals surface area contributed by atoms with Crippen LogP contribution in [0.1, 0.15) is 0 Å². The standard InChI is InChI=1S/C11H10N2O5/c1-17-8-5-7(13(15)16)9-6(10(8)18-2)3-4-12-11(9)14/h3-5H,1-2H3,(H,12,14). The predicted octanol–water partition coefficient (Wildman–Crippen LogP) is 1.45. The third-order valence-electron chi connectivity index (χ3n) is 2.57. The third-order valence-corrected chi connectivity index (χ3v) is 2.57. The van der Waals surface area contributed by atoms with Gasteiger partial charge >= 0.3 is 0 Å². The molecule has 0 fully saturated rings. The van der Waals surface area contributed by atoms with Crippen LogP contribution in [0.2, 0.25) is 0 Å². The number of nitrogens with one attached hydrogen (secondary N) is 1. The molecule has 0 aliphatic rings. The van der Waals surface area contributed by atoms with E-state index in [0.29, 0.717) is 11.1 Å². The van der Waals surface area contributed by atoms with Crippen LogP contribution in [0.3, 0.4) is 0 Å². The van der Waals surface area contributed by atoms with Crippen molar-refractivity contribution in [3.8, 4) is 11.5 Å². The van der Waals surface area contributed by atoms with Gasteiger partial charge in [0, 0.05) is 11.6 Å². The van der Waals surface area contributed by atoms with E-state index in [2.05, 4.69) is 4.98 Å². The van der Waals surface area contributed by atoms with E-state index in [1.54, 1.807) is 0 Å². The van der Waals surface area contributed by atoms with Gasteiger partial charge in [0.15, 0.2) is 11.5 Å². The van der Waals surface area contributed by atoms with E-state index in [4.69, 9.17) is 9.47 Å². The number of benzene rings is 1. The average Bonchev–Trinajstić information content (AvgIpc) is 2.36. The van der Waals surface area contributed by atoms with E-state index in [9.17, 15) is 14.9 Å². The number of aromatic amines is 1. The van der Waals surface area contributed by atoms with Gasteiger partial charge in [-0.1, -0.05) is 0 Å². The second-order valence-electron chi connectivity index (χ2n) is 3.48. The number of fused-ring (bicyclic) bond motifs is 1. The Morgan fingerprint density at radius 1 is 1.33 bits per heavy atom. The van der Waals surface area contributed by atoms with Crippen molar-refractivity contribution in [1.29, 1.82) is 0 Å². The predicted molar refractivity (Wildman–Crippen MR) is 64.3 cm³/mol. The van der Waals surface area contributed by atoms with Crippen LogP contribution in [0, 0.1) is 10.1 Å². The number of pyridine rings is 1. The van der Waals surface area contributed by atoms with E-state index in [0.717, 1.165) is 0 Å². The first-order valence-electron chi connectivity index (χ1n) is 5.01. The minimum Gasteiger partial charge on any atom is -0.493 e. The first kappa shape index (κ1) is 11.9. The fraction of sp³-hybridized carbons (Fsp3) is 0.182. The van der Waals surface area contributed by atoms with Crippen molar-refractivity contribution in [2.45, 2.75) is 0 Å². The van der Waals surface area contributed by atoms with Gasteiger partial charge < -0.3 is 14.5 Å². The first-order chi connectivity index (χ1) is 8.60. The Hall–Kier alpha value is -2.57. The highest BCUT2D eigenvalue weighted by atomic mass is 16.6. The molecule has 0 aliphatic carbocycles. The molecule has 0 atom stereocenters. The Morgan fingerprint density at radius 3 is 2.61 bits per heavy atom. The van der Waals surface area contributed by atoms with Gasteiger partial charge in [-0.3, -0.25) is 14.9 Å². The molecule has 18 heavy (non-hydrogen) atoms. The molecule has 7 nitrogen and oxygen atoms in total. The zero-order valence-corrected chi connectivity index (χ0v) is 9.72. The van der Waals surface area contributed by atoms with Crippen LogP contribution in [0.5, 0.6) is 11.5 Å². The lowest BCUT2D eigenvalue weighted by Gasteiger charge is -2.10. The van der Waals surface area contributed by atoms with Crippen molar-refractivity contribution in [1.82, 2.24) is 4.98 Å². The number of aromatic nitrogens is 1. The summed E-state index contributed by atoms with van der Waals surface area (Å²) in [5.41, 5.74) is -0.857. The highest BCUT2D eigenvalue weighted by molar-refractivity contribution is 5.96. The monoisotopic (exact) mass is 250 g/mol. The number of hydrogen-bond acceptors (Lipinski definition) is 5. The molecule has 1 heterocycles. The van der Waals surface area contributed by atoms with Crippen LogP contribution in [0.15, 0.2) is 23.1 Å². The number of ether oxygens (including phenoxy) is 2. The second-order valence-corrected chi connectivity index (χ2v) is 3.48. The largest absolute Gasteiger partial charge is 0.493 e. The summed E-state index contributed by atoms with van der Waals surface area (Å²) in [5.74, 6) is 0.506. The van der Waals surface area contributed by atoms with Crippen molar-refractivity contribution in [3.63, 3.8) is 0 Å². The molecule has 0 aliphatic heterocycles. The maximum absolute atomic E-state index is 11.7. The molecule has 1 aromatic heterocycles. The summed E-state index contributed by atoms with van der Waals surface area (Å²) >= 11 is 0. The molecule has 1 N–H and O–H groups in total. The topological polar surface area (TPSA) is 94.5 Å². The quantitative estimate of drug-likeness (QED) is 0.657. The Labute approximate surface area is 101 Å². The minimum absolute atomic E-state index is 0.0276. The van der Waals surface area contributed by atoms with Crippen LogP contribution in [0.4, 0.5) is 5.69 Å². The molecular weight excluding hydrogens is 240 g/mol. The molecule has 0 saturated carbocycles. The number of methoxy groups -OCH3 is 2. The van der Waals surface area contributed by atoms with Gasteiger partial charge in [0.25, 0.3) is 11.2 Å². The van der Waals surface area contributed by atoms with Gasteiger partial charge in [-0.05, 0) is 6.07 Å². The number of nitro benzene ring substituents is 1. The summed E-state index contributed by atoms with van der Waals surface area (Å²) in [5, 5.41) is 11.3. The van der Waals surface area contributed by atoms with Crippen molar-refractivity contribution in [2.24, 2.45) is 0 Å². The lowest BCUT2D eigenvalue weighted by Crippen LogP contribution is -2.08. The van der Waals surface area contributed by atoms with Crippen molar-refractivity contribution >= 4 is 16.5 Å². The smallest absolute Gasteiger partial charge is 0.286 e. The number of hydrogen-bond donors (Lipinski definition) is 1. The van der Waals surface area contributed by atoms with Gasteiger partial charge in [-0.25, -0.2) is 0 Å². The van der Waals surface area contributed by atoms with E-state index in [1.807, 2.05) is 0 Å². The summed E-state index contributed by atoms with van der Waals surface area (Å²) in [6, 6.07) is 2.71. The molecule has 0 radical (unpaired) electrons. The highest BCUT2D eigenvalue weighted by Crippen LogP contribution is 2.39. The van der Waals surface area contributed by atoms with Crippen LogP contribution in [-0.4, -0.2) is 24.1 Å². The van der Waals surface area contributed by atoms with Gasteiger partial charge in [0.05, 0.1) is 25.2 Å². The number of rotatable bonds is 3. The van der Waals surface area contributed by atoms with Gasteiger partial charge in [0.2, 0.25) is 0 Å². The van der Waals surface area contributed by atoms with E-state index in [1.165, 1.54) is 32.5 Å². The molecule has 1 aromatic carbocycles. The molecule has 0 unspecified atom stereocenters. The molecular formula is C11H10N2O5. The fourth-order valence-electron chi connectivity index (χ4n) is 1.82. The Kier molecular flexibility index (Phi) is 2.88. The maximum Gasteiger partial charge on any atom is 0.286 e. The van der Waals surface area contributed by atoms with E-state index >= 15 is 0 Å². The SMILES string of the molecule is COc1cc([N+](=O)[O-])c2c(=O)[nH]ccc2c1OC. The van der Waals surface area contributed by atoms with Gasteiger partial charge in [-0.15, -0.1) is 0 Å². The number of H-pyrrole nitrogens is 1. The van der Waals surface area contributed by atoms with Crippen molar-refractivity contribution < 1.29 is 14.4 Å². The van der Waals surface area contributed by atoms with Gasteiger partial charge in [-0.2, -0.15) is 0 Å². The normalized spacial score (nSPS) is 10.3. The van der Waals surface area contributed by atoms with Crippen molar-refractivity contribution in [3.05, 3.63) is 38.8 Å². The summed E-state index contributed by atoms with van der Waals surface area (Å²) in [6.07, 6.45) is 1.40. The van der Waals surface area contributed by atoms with Crippen LogP contribution >= 0.6 is 0 Å². The van der Waals surface area contributed by atoms with Crippen LogP contribution in [-0.2, 0) is 0 Å². The fourth-order valence-corrected chi connectivity index (χ4v) is 1.82. The minimum atomic E-state index is -0.625. The maximum atomic E-state index is 11.7. The summed E-state index contributed by atoms with van der Waals surface area (Å²) in [6.45, 7) is 0. The summed E-state index contributed by atoms with van der Waals surface area (Å²) < 4.78 is 10.2. The average molecular weight is 250 g/mol. The number of nitro groups is 1. The Balaban J connectivity index is 3.02. The zero-order chi connectivity index (χ0) is 13.3. The molecule has 0 spiro atoms. The molecule has 0 amide bonds. The molecule has 0 saturated heterocycles. The second kappa shape index (κ2) is 4.36. The molecule has 2 aromatic rings. The van der Waals surface area contributed by atoms with Crippen LogP contribution < -0.4 is 15.0 Å². The zero-order valence-electron chi connectivity index (χ0n) is 9.72. The lowest BCUT2D eigenvalue weighted by atomic mass is 10.1. The Bertz CT molecular complexity index is 677. The van der Waals surface area contributed by atoms with Gasteiger partial charge in [0.1, 0.15) is 5.39 Å². The summed E-state index contributed by atoms with van der Waals surface area (Å²) in [7, 11) is 2.78. The molecule has 2 rings (SSSR count). The number of non-ortho nitro benzene ring substituents is 1. The highest BCUT2D eigenvalue weighted by Gasteiger charge is 2.22. The van der Waals surface area contributed by atoms with Crippen molar-refractivity contribution in [2.75, 3.05) is 14.2 Å². The molecule has 94 valence electrons. The van der Waals surface area contributed by atoms with E-state index in [-0.39, 0.29) is 16.8 Å². The Morgan fingerprint density at radius 2 is 2.06 bits per heavy atom.